The van der Waals surface area contributed by atoms with Crippen molar-refractivity contribution >= 4 is 131 Å². The Bertz CT molecular complexity index is 2270. The molecule has 0 heterocycles. The Kier molecular flexibility index (Phi) is 73.4. The number of thioether (sulfide) groups is 4. The molecule has 0 aromatic rings. The molecule has 0 aliphatic heterocycles. The number of unbranched alkanes of at least 4 members (excludes halogenated alkanes) is 24. The summed E-state index contributed by atoms with van der Waals surface area (Å²) in [6, 6.07) is 0. The molecule has 0 saturated carbocycles. The molecule has 0 aromatic carbocycles. The van der Waals surface area contributed by atoms with Crippen LogP contribution in [-0.4, -0.2) is 173 Å². The summed E-state index contributed by atoms with van der Waals surface area (Å²) in [5, 5.41) is 60.9. The SMILES string of the molecule is CCCCS(CCCC)(CCCCCC(C)C)C(O)(SCCCCCC(C)C)C(=O)[O][Sn]([O]C(=O)C(O)(SCCCCCC(C)C)S(CCCC)(CCCC)CCCCCC(C)C)([O]C(=O)C(O)(SCCCCCC(C)C)S(CCCC)(CCCC)CCCCCC(C)C)[O]C(=O)C(O)(SCCCCCC(C)C)S(CCCC)(CCCC)CCCCCC(C)C. The fourth-order valence-corrected chi connectivity index (χ4v) is 52.1. The molecule has 0 aliphatic rings. The van der Waals surface area contributed by atoms with Crippen molar-refractivity contribution in [2.45, 2.75) is 491 Å². The molecule has 0 spiro atoms. The molecular formula is C104H212O12S8Sn. The molecule has 4 unspecified atom stereocenters. The predicted molar refractivity (Wildman–Crippen MR) is 574 cm³/mol. The average Bonchev–Trinajstić information content (AvgIpc) is 0.733. The third-order valence-electron chi connectivity index (χ3n) is 25.5. The van der Waals surface area contributed by atoms with Crippen LogP contribution >= 0.6 is 87.2 Å². The van der Waals surface area contributed by atoms with Crippen LogP contribution in [0.25, 0.3) is 0 Å². The van der Waals surface area contributed by atoms with E-state index in [-0.39, 0.29) is 0 Å². The van der Waals surface area contributed by atoms with E-state index >= 15 is 39.6 Å². The van der Waals surface area contributed by atoms with E-state index in [1.54, 1.807) is 0 Å². The van der Waals surface area contributed by atoms with Gasteiger partial charge in [-0.1, -0.05) is 0 Å². The molecule has 0 fully saturated rings. The zero-order valence-electron chi connectivity index (χ0n) is 86.7. The van der Waals surface area contributed by atoms with Crippen molar-refractivity contribution in [3.05, 3.63) is 0 Å². The minimum atomic E-state index is -8.00. The first-order valence-corrected chi connectivity index (χ1v) is 69.9. The van der Waals surface area contributed by atoms with E-state index in [2.05, 4.69) is 166 Å². The first-order chi connectivity index (χ1) is 59.3. The van der Waals surface area contributed by atoms with Crippen molar-refractivity contribution in [3.8, 4) is 0 Å². The molecule has 4 atom stereocenters. The second-order valence-electron chi connectivity index (χ2n) is 41.2. The standard InChI is InChI=1S/4C26H54O3S2.Sn/c4*1-7-9-20-31(21-10-8-2,22-16-12-14-18-24(5)6)26(29,25(27)28)30-19-15-11-13-17-23(3)4;/h4*23-24,29H,7-22H2,1-6H3,(H,27,28);/q;;;;+4/p-4. The van der Waals surface area contributed by atoms with Gasteiger partial charge in [0.15, 0.2) is 0 Å². The van der Waals surface area contributed by atoms with Crippen molar-refractivity contribution in [3.63, 3.8) is 0 Å². The van der Waals surface area contributed by atoms with E-state index in [0.29, 0.717) is 165 Å². The summed E-state index contributed by atoms with van der Waals surface area (Å²) in [6.07, 6.45) is 41.4. The number of carbonyl (C=O) groups excluding carboxylic acids is 4. The molecule has 0 aromatic heterocycles. The van der Waals surface area contributed by atoms with Gasteiger partial charge < -0.3 is 0 Å². The van der Waals surface area contributed by atoms with Crippen molar-refractivity contribution < 1.29 is 51.9 Å². The molecule has 4 N–H and O–H groups in total. The topological polar surface area (TPSA) is 186 Å². The number of rotatable bonds is 88. The van der Waals surface area contributed by atoms with Gasteiger partial charge in [-0.25, -0.2) is 0 Å². The zero-order valence-corrected chi connectivity index (χ0v) is 96.1. The van der Waals surface area contributed by atoms with Gasteiger partial charge in [0.2, 0.25) is 0 Å². The molecule has 21 heteroatoms. The fraction of sp³-hybridized carbons (Fsp3) is 0.962. The van der Waals surface area contributed by atoms with Crippen LogP contribution < -0.4 is 0 Å². The summed E-state index contributed by atoms with van der Waals surface area (Å²) in [7, 11) is -10.3. The molecule has 0 aliphatic carbocycles. The van der Waals surface area contributed by atoms with Gasteiger partial charge in [0.25, 0.3) is 0 Å². The van der Waals surface area contributed by atoms with Gasteiger partial charge in [-0.2, -0.15) is 0 Å². The van der Waals surface area contributed by atoms with E-state index in [4.69, 9.17) is 12.3 Å². The Balaban J connectivity index is 11.7. The van der Waals surface area contributed by atoms with Crippen LogP contribution in [0.1, 0.15) is 474 Å². The predicted octanol–water partition coefficient (Wildman–Crippen LogP) is 32.5. The first kappa shape index (κ1) is 126. The summed E-state index contributed by atoms with van der Waals surface area (Å²) >= 11 is -3.07. The number of hydrogen-bond acceptors (Lipinski definition) is 16. The van der Waals surface area contributed by atoms with Crippen LogP contribution in [-0.2, 0) is 31.5 Å². The second-order valence-corrected chi connectivity index (χ2v) is 68.2. The van der Waals surface area contributed by atoms with Gasteiger partial charge in [-0.3, -0.25) is 0 Å². The second kappa shape index (κ2) is 72.6. The maximum atomic E-state index is 18.1. The molecule has 0 bridgehead atoms. The number of carbonyl (C=O) groups is 4. The third kappa shape index (κ3) is 48.9. The van der Waals surface area contributed by atoms with Gasteiger partial charge in [-0.05, 0) is 0 Å². The summed E-state index contributed by atoms with van der Waals surface area (Å²) in [6.45, 7) is 53.5. The quantitative estimate of drug-likeness (QED) is 0.0256. The van der Waals surface area contributed by atoms with Gasteiger partial charge in [0, 0.05) is 0 Å². The van der Waals surface area contributed by atoms with Crippen LogP contribution in [0.4, 0.5) is 0 Å². The van der Waals surface area contributed by atoms with Crippen LogP contribution in [0.5, 0.6) is 0 Å². The van der Waals surface area contributed by atoms with E-state index in [9.17, 15) is 0 Å². The summed E-state index contributed by atoms with van der Waals surface area (Å²) in [5.41, 5.74) is 0. The van der Waals surface area contributed by atoms with E-state index in [1.165, 1.54) is 47.0 Å². The van der Waals surface area contributed by atoms with Gasteiger partial charge >= 0.3 is 814 Å². The minimum absolute atomic E-state index is 0.397. The van der Waals surface area contributed by atoms with Crippen molar-refractivity contribution in [2.24, 2.45) is 47.3 Å². The number of hydrogen-bond donors (Lipinski definition) is 4. The molecule has 125 heavy (non-hydrogen) atoms. The van der Waals surface area contributed by atoms with Gasteiger partial charge in [-0.15, -0.1) is 0 Å². The number of aliphatic hydroxyl groups is 4. The van der Waals surface area contributed by atoms with E-state index in [0.717, 1.165) is 283 Å². The Morgan fingerprint density at radius 2 is 0.344 bits per heavy atom. The zero-order chi connectivity index (χ0) is 94.3. The van der Waals surface area contributed by atoms with Gasteiger partial charge in [0.05, 0.1) is 0 Å². The Labute approximate surface area is 806 Å². The molecule has 12 nitrogen and oxygen atoms in total. The van der Waals surface area contributed by atoms with Crippen molar-refractivity contribution in [1.82, 2.24) is 0 Å². The molecular weight excluding hydrogens is 1820 g/mol. The third-order valence-corrected chi connectivity index (χ3v) is 58.6. The molecule has 0 amide bonds. The maximum absolute atomic E-state index is 18.1. The summed E-state index contributed by atoms with van der Waals surface area (Å²) in [5.74, 6) is 7.65. The van der Waals surface area contributed by atoms with Crippen molar-refractivity contribution in [2.75, 3.05) is 92.0 Å². The Morgan fingerprint density at radius 3 is 0.472 bits per heavy atom. The van der Waals surface area contributed by atoms with Crippen LogP contribution in [0, 0.1) is 47.3 Å². The van der Waals surface area contributed by atoms with E-state index < -0.39 is 101 Å². The molecule has 0 rings (SSSR count). The van der Waals surface area contributed by atoms with Crippen LogP contribution in [0.15, 0.2) is 0 Å². The van der Waals surface area contributed by atoms with E-state index in [1.807, 2.05) is 0 Å². The normalized spacial score (nSPS) is 15.7. The fourth-order valence-electron chi connectivity index (χ4n) is 17.1. The molecule has 0 radical (unpaired) electrons. The molecule has 752 valence electrons. The molecule has 0 saturated heterocycles. The Hall–Kier alpha value is 1.32. The van der Waals surface area contributed by atoms with Crippen molar-refractivity contribution in [1.29, 1.82) is 0 Å². The van der Waals surface area contributed by atoms with Crippen LogP contribution in [0.2, 0.25) is 0 Å². The van der Waals surface area contributed by atoms with Crippen LogP contribution in [0.3, 0.4) is 0 Å². The summed E-state index contributed by atoms with van der Waals surface area (Å²) < 4.78 is 21.3. The summed E-state index contributed by atoms with van der Waals surface area (Å²) in [4.78, 5) is 72.4. The first-order valence-electron chi connectivity index (χ1n) is 52.8. The average molecular weight is 2030 g/mol. The monoisotopic (exact) mass is 2030 g/mol. The Morgan fingerprint density at radius 1 is 0.216 bits per heavy atom. The van der Waals surface area contributed by atoms with Gasteiger partial charge in [0.1, 0.15) is 0 Å².